The van der Waals surface area contributed by atoms with Gasteiger partial charge in [-0.2, -0.15) is 0 Å². The number of amides is 3. The fraction of sp³-hybridized carbons (Fsp3) is 0.320. The van der Waals surface area contributed by atoms with Crippen LogP contribution in [0.15, 0.2) is 54.6 Å². The van der Waals surface area contributed by atoms with Crippen LogP contribution in [0.5, 0.6) is 0 Å². The van der Waals surface area contributed by atoms with Crippen molar-refractivity contribution in [2.24, 2.45) is 35.5 Å². The van der Waals surface area contributed by atoms with Crippen molar-refractivity contribution < 1.29 is 14.4 Å². The van der Waals surface area contributed by atoms with E-state index in [4.69, 9.17) is 11.6 Å². The summed E-state index contributed by atoms with van der Waals surface area (Å²) in [5, 5.41) is 3.40. The van der Waals surface area contributed by atoms with Crippen molar-refractivity contribution in [2.75, 3.05) is 10.2 Å². The van der Waals surface area contributed by atoms with Crippen molar-refractivity contribution in [1.82, 2.24) is 0 Å². The van der Waals surface area contributed by atoms with Crippen molar-refractivity contribution in [1.29, 1.82) is 0 Å². The van der Waals surface area contributed by atoms with Crippen LogP contribution in [-0.2, 0) is 9.59 Å². The number of aryl methyl sites for hydroxylation is 1. The average Bonchev–Trinajstić information content (AvgIpc) is 3.54. The van der Waals surface area contributed by atoms with Gasteiger partial charge in [-0.1, -0.05) is 42.0 Å². The first kappa shape index (κ1) is 18.8. The van der Waals surface area contributed by atoms with Gasteiger partial charge in [0.2, 0.25) is 11.8 Å². The first-order valence-electron chi connectivity index (χ1n) is 10.7. The molecule has 7 rings (SSSR count). The molecule has 4 aliphatic carbocycles. The zero-order chi connectivity index (χ0) is 21.4. The second kappa shape index (κ2) is 6.54. The fourth-order valence-corrected chi connectivity index (χ4v) is 6.15. The van der Waals surface area contributed by atoms with Crippen molar-refractivity contribution in [3.05, 3.63) is 70.8 Å². The van der Waals surface area contributed by atoms with Crippen LogP contribution < -0.4 is 10.2 Å². The third kappa shape index (κ3) is 2.66. The minimum absolute atomic E-state index is 0.150. The first-order valence-corrected chi connectivity index (χ1v) is 11.1. The molecule has 5 aliphatic rings. The summed E-state index contributed by atoms with van der Waals surface area (Å²) >= 11 is 6.08. The van der Waals surface area contributed by atoms with Crippen molar-refractivity contribution in [3.63, 3.8) is 0 Å². The van der Waals surface area contributed by atoms with Gasteiger partial charge in [-0.3, -0.25) is 14.4 Å². The Hall–Kier alpha value is -2.92. The van der Waals surface area contributed by atoms with E-state index in [2.05, 4.69) is 17.5 Å². The summed E-state index contributed by atoms with van der Waals surface area (Å²) in [6.45, 7) is 1.88. The summed E-state index contributed by atoms with van der Waals surface area (Å²) in [5.74, 6) is 0.0796. The predicted molar refractivity (Wildman–Crippen MR) is 118 cm³/mol. The van der Waals surface area contributed by atoms with Gasteiger partial charge in [-0.25, -0.2) is 4.90 Å². The Bertz CT molecular complexity index is 1150. The number of anilines is 2. The monoisotopic (exact) mass is 432 g/mol. The number of carbonyl (C=O) groups is 3. The molecule has 0 radical (unpaired) electrons. The van der Waals surface area contributed by atoms with E-state index in [1.165, 1.54) is 4.90 Å². The molecule has 1 saturated heterocycles. The third-order valence-corrected chi connectivity index (χ3v) is 7.74. The quantitative estimate of drug-likeness (QED) is 0.575. The highest BCUT2D eigenvalue weighted by molar-refractivity contribution is 6.31. The highest BCUT2D eigenvalue weighted by atomic mass is 35.5. The minimum Gasteiger partial charge on any atom is -0.322 e. The van der Waals surface area contributed by atoms with Gasteiger partial charge in [-0.15, -0.1) is 0 Å². The van der Waals surface area contributed by atoms with E-state index in [-0.39, 0.29) is 41.4 Å². The number of imide groups is 1. The van der Waals surface area contributed by atoms with Gasteiger partial charge in [0, 0.05) is 10.7 Å². The van der Waals surface area contributed by atoms with E-state index in [1.807, 2.05) is 13.0 Å². The topological polar surface area (TPSA) is 66.5 Å². The van der Waals surface area contributed by atoms with Gasteiger partial charge in [0.1, 0.15) is 0 Å². The third-order valence-electron chi connectivity index (χ3n) is 7.50. The maximum Gasteiger partial charge on any atom is 0.257 e. The molecule has 6 unspecified atom stereocenters. The van der Waals surface area contributed by atoms with Gasteiger partial charge in [0.15, 0.2) is 0 Å². The SMILES string of the molecule is Cc1ccc(Cl)cc1NC(=O)c1ccccc1N1C(=O)C2C3C=CC(C4CC34)C2C1=O. The molecule has 6 atom stereocenters. The van der Waals surface area contributed by atoms with Gasteiger partial charge < -0.3 is 5.32 Å². The largest absolute Gasteiger partial charge is 0.322 e. The van der Waals surface area contributed by atoms with E-state index in [9.17, 15) is 14.4 Å². The molecule has 2 saturated carbocycles. The highest BCUT2D eigenvalue weighted by Crippen LogP contribution is 2.65. The Morgan fingerprint density at radius 2 is 1.65 bits per heavy atom. The molecule has 5 nitrogen and oxygen atoms in total. The average molecular weight is 433 g/mol. The van der Waals surface area contributed by atoms with Gasteiger partial charge in [0.25, 0.3) is 5.91 Å². The lowest BCUT2D eigenvalue weighted by Crippen LogP contribution is -2.40. The molecule has 2 bridgehead atoms. The number of para-hydroxylation sites is 1. The Kier molecular flexibility index (Phi) is 3.97. The van der Waals surface area contributed by atoms with E-state index >= 15 is 0 Å². The molecule has 3 fully saturated rings. The number of nitrogens with zero attached hydrogens (tertiary/aromatic N) is 1. The summed E-state index contributed by atoms with van der Waals surface area (Å²) in [7, 11) is 0. The van der Waals surface area contributed by atoms with Crippen LogP contribution in [-0.4, -0.2) is 17.7 Å². The molecule has 6 heteroatoms. The number of hydrogen-bond acceptors (Lipinski definition) is 3. The number of nitrogens with one attached hydrogen (secondary N) is 1. The van der Waals surface area contributed by atoms with Crippen molar-refractivity contribution >= 4 is 40.7 Å². The van der Waals surface area contributed by atoms with E-state index in [0.29, 0.717) is 33.8 Å². The maximum absolute atomic E-state index is 13.5. The molecule has 156 valence electrons. The Balaban J connectivity index is 1.35. The molecule has 3 amide bonds. The maximum atomic E-state index is 13.5. The smallest absolute Gasteiger partial charge is 0.257 e. The van der Waals surface area contributed by atoms with Gasteiger partial charge in [0.05, 0.1) is 23.1 Å². The number of benzene rings is 2. The molecule has 0 spiro atoms. The number of allylic oxidation sites excluding steroid dienone is 2. The number of halogens is 1. The van der Waals surface area contributed by atoms with Crippen LogP contribution in [0.3, 0.4) is 0 Å². The number of hydrogen-bond donors (Lipinski definition) is 1. The number of carbonyl (C=O) groups excluding carboxylic acids is 3. The van der Waals surface area contributed by atoms with Gasteiger partial charge in [-0.05, 0) is 66.8 Å². The molecule has 1 aliphatic heterocycles. The predicted octanol–water partition coefficient (Wildman–Crippen LogP) is 4.46. The Morgan fingerprint density at radius 1 is 1.00 bits per heavy atom. The summed E-state index contributed by atoms with van der Waals surface area (Å²) < 4.78 is 0. The van der Waals surface area contributed by atoms with E-state index in [1.54, 1.807) is 36.4 Å². The molecule has 2 aromatic carbocycles. The van der Waals surface area contributed by atoms with Crippen LogP contribution in [0.2, 0.25) is 5.02 Å². The second-order valence-electron chi connectivity index (χ2n) is 9.10. The van der Waals surface area contributed by atoms with Crippen LogP contribution in [0.25, 0.3) is 0 Å². The lowest BCUT2D eigenvalue weighted by Gasteiger charge is -2.37. The summed E-state index contributed by atoms with van der Waals surface area (Å²) in [6, 6.07) is 12.1. The standard InChI is InChI=1S/C25H21ClN2O3/c1-12-6-7-13(26)10-19(12)27-23(29)16-4-2-3-5-20(16)28-24(30)21-14-8-9-15(18-11-17(14)18)22(21)25(28)31/h2-10,14-15,17-18,21-22H,11H2,1H3,(H,27,29). The zero-order valence-electron chi connectivity index (χ0n) is 16.9. The molecule has 2 aromatic rings. The zero-order valence-corrected chi connectivity index (χ0v) is 17.7. The highest BCUT2D eigenvalue weighted by Gasteiger charge is 2.67. The van der Waals surface area contributed by atoms with Crippen molar-refractivity contribution in [2.45, 2.75) is 13.3 Å². The molecular weight excluding hydrogens is 412 g/mol. The molecule has 1 heterocycles. The lowest BCUT2D eigenvalue weighted by molar-refractivity contribution is -0.124. The normalized spacial score (nSPS) is 32.1. The van der Waals surface area contributed by atoms with Crippen LogP contribution in [0.1, 0.15) is 22.3 Å². The fourth-order valence-electron chi connectivity index (χ4n) is 5.97. The molecular formula is C25H21ClN2O3. The minimum atomic E-state index is -0.375. The first-order chi connectivity index (χ1) is 15.0. The molecule has 31 heavy (non-hydrogen) atoms. The summed E-state index contributed by atoms with van der Waals surface area (Å²) in [4.78, 5) is 41.4. The summed E-state index contributed by atoms with van der Waals surface area (Å²) in [6.07, 6.45) is 5.41. The van der Waals surface area contributed by atoms with E-state index in [0.717, 1.165) is 12.0 Å². The van der Waals surface area contributed by atoms with E-state index < -0.39 is 0 Å². The van der Waals surface area contributed by atoms with Crippen molar-refractivity contribution in [3.8, 4) is 0 Å². The molecule has 0 aromatic heterocycles. The molecule has 1 N–H and O–H groups in total. The van der Waals surface area contributed by atoms with Gasteiger partial charge >= 0.3 is 0 Å². The van der Waals surface area contributed by atoms with Crippen LogP contribution in [0.4, 0.5) is 11.4 Å². The summed E-state index contributed by atoms with van der Waals surface area (Å²) in [5.41, 5.74) is 2.13. The Labute approximate surface area is 185 Å². The number of rotatable bonds is 3. The van der Waals surface area contributed by atoms with Crippen LogP contribution in [0, 0.1) is 42.4 Å². The Morgan fingerprint density at radius 3 is 2.32 bits per heavy atom. The lowest BCUT2D eigenvalue weighted by atomic mass is 9.63. The van der Waals surface area contributed by atoms with Crippen LogP contribution >= 0.6 is 11.6 Å². The second-order valence-corrected chi connectivity index (χ2v) is 9.53.